The molecule has 0 saturated heterocycles. The number of carbonyl (C=O) groups is 1. The van der Waals surface area contributed by atoms with Gasteiger partial charge in [0.1, 0.15) is 0 Å². The molecule has 3 heteroatoms. The summed E-state index contributed by atoms with van der Waals surface area (Å²) in [7, 11) is 0. The third kappa shape index (κ3) is 2.61. The van der Waals surface area contributed by atoms with Crippen LogP contribution in [0.25, 0.3) is 0 Å². The molecule has 0 N–H and O–H groups in total. The van der Waals surface area contributed by atoms with E-state index < -0.39 is 0 Å². The number of nitrogens with zero attached hydrogens (tertiary/aromatic N) is 1. The lowest BCUT2D eigenvalue weighted by molar-refractivity contribution is 0.0901. The molecule has 96 valence electrons. The van der Waals surface area contributed by atoms with E-state index in [-0.39, 0.29) is 11.7 Å². The van der Waals surface area contributed by atoms with Crippen LogP contribution in [0.1, 0.15) is 27.9 Å². The predicted octanol–water partition coefficient (Wildman–Crippen LogP) is 3.83. The Balaban J connectivity index is 1.85. The number of Topliss-reactive ketones (excluding diaryl/α,β-unsaturated/α-hetero) is 1. The predicted molar refractivity (Wildman–Crippen MR) is 78.2 cm³/mol. The van der Waals surface area contributed by atoms with Crippen molar-refractivity contribution in [2.45, 2.75) is 19.3 Å². The van der Waals surface area contributed by atoms with Gasteiger partial charge < -0.3 is 0 Å². The molecule has 0 bridgehead atoms. The van der Waals surface area contributed by atoms with Crippen LogP contribution < -0.4 is 0 Å². The number of pyridine rings is 1. The zero-order valence-corrected chi connectivity index (χ0v) is 12.1. The number of fused-ring (bicyclic) bond motifs is 1. The van der Waals surface area contributed by atoms with Gasteiger partial charge in [-0.2, -0.15) is 0 Å². The summed E-state index contributed by atoms with van der Waals surface area (Å²) < 4.78 is 0.974. The van der Waals surface area contributed by atoms with Crippen LogP contribution in [0.15, 0.2) is 47.2 Å². The van der Waals surface area contributed by atoms with Gasteiger partial charge >= 0.3 is 0 Å². The van der Waals surface area contributed by atoms with Gasteiger partial charge in [-0.05, 0) is 48.6 Å². The summed E-state index contributed by atoms with van der Waals surface area (Å²) in [5, 5.41) is 0. The van der Waals surface area contributed by atoms with E-state index in [1.807, 2.05) is 30.5 Å². The lowest BCUT2D eigenvalue weighted by Crippen LogP contribution is -2.24. The summed E-state index contributed by atoms with van der Waals surface area (Å²) >= 11 is 3.44. The lowest BCUT2D eigenvalue weighted by Gasteiger charge is -2.23. The number of hydrogen-bond donors (Lipinski definition) is 0. The summed E-state index contributed by atoms with van der Waals surface area (Å²) in [5.41, 5.74) is 3.20. The Bertz CT molecular complexity index is 609. The first-order chi connectivity index (χ1) is 9.24. The van der Waals surface area contributed by atoms with Gasteiger partial charge in [0, 0.05) is 28.3 Å². The molecule has 1 unspecified atom stereocenters. The van der Waals surface area contributed by atoms with E-state index in [1.165, 1.54) is 5.56 Å². The highest BCUT2D eigenvalue weighted by Gasteiger charge is 2.27. The van der Waals surface area contributed by atoms with Crippen LogP contribution in [-0.2, 0) is 12.8 Å². The fourth-order valence-corrected chi connectivity index (χ4v) is 3.04. The third-order valence-electron chi connectivity index (χ3n) is 3.68. The second-order valence-electron chi connectivity index (χ2n) is 4.97. The Morgan fingerprint density at radius 1 is 1.32 bits per heavy atom. The van der Waals surface area contributed by atoms with Crippen molar-refractivity contribution in [3.8, 4) is 0 Å². The number of carbonyl (C=O) groups excluding carboxylic acids is 1. The minimum absolute atomic E-state index is 0.0889. The van der Waals surface area contributed by atoms with Crippen LogP contribution in [0.2, 0.25) is 0 Å². The van der Waals surface area contributed by atoms with E-state index in [4.69, 9.17) is 0 Å². The minimum Gasteiger partial charge on any atom is -0.294 e. The number of hydrogen-bond acceptors (Lipinski definition) is 2. The second-order valence-corrected chi connectivity index (χ2v) is 5.88. The Morgan fingerprint density at radius 2 is 2.21 bits per heavy atom. The van der Waals surface area contributed by atoms with Crippen molar-refractivity contribution in [2.24, 2.45) is 5.92 Å². The molecular weight excluding hydrogens is 302 g/mol. The molecule has 1 aliphatic carbocycles. The number of rotatable bonds is 2. The maximum atomic E-state index is 12.5. The molecule has 0 spiro atoms. The molecule has 0 aliphatic heterocycles. The molecule has 1 aromatic carbocycles. The summed E-state index contributed by atoms with van der Waals surface area (Å²) in [6, 6.07) is 9.97. The van der Waals surface area contributed by atoms with Crippen molar-refractivity contribution in [3.05, 3.63) is 63.9 Å². The van der Waals surface area contributed by atoms with Crippen LogP contribution >= 0.6 is 15.9 Å². The van der Waals surface area contributed by atoms with E-state index in [1.54, 1.807) is 6.20 Å². The molecule has 1 heterocycles. The van der Waals surface area contributed by atoms with Gasteiger partial charge in [0.05, 0.1) is 0 Å². The highest BCUT2D eigenvalue weighted by molar-refractivity contribution is 9.10. The number of aromatic nitrogens is 1. The third-order valence-corrected chi connectivity index (χ3v) is 4.17. The average Bonchev–Trinajstić information content (AvgIpc) is 2.44. The van der Waals surface area contributed by atoms with Crippen molar-refractivity contribution in [3.63, 3.8) is 0 Å². The monoisotopic (exact) mass is 315 g/mol. The van der Waals surface area contributed by atoms with E-state index in [0.29, 0.717) is 0 Å². The van der Waals surface area contributed by atoms with Gasteiger partial charge in [-0.3, -0.25) is 9.78 Å². The van der Waals surface area contributed by atoms with Crippen molar-refractivity contribution < 1.29 is 4.79 Å². The molecule has 1 aromatic heterocycles. The maximum absolute atomic E-state index is 12.5. The van der Waals surface area contributed by atoms with E-state index in [9.17, 15) is 4.79 Å². The number of aryl methyl sites for hydroxylation is 1. The van der Waals surface area contributed by atoms with Gasteiger partial charge in [0.25, 0.3) is 0 Å². The number of benzene rings is 1. The van der Waals surface area contributed by atoms with E-state index in [0.717, 1.165) is 34.9 Å². The first kappa shape index (κ1) is 12.5. The molecule has 2 nitrogen and oxygen atoms in total. The molecule has 0 amide bonds. The molecule has 19 heavy (non-hydrogen) atoms. The first-order valence-corrected chi connectivity index (χ1v) is 7.25. The summed E-state index contributed by atoms with van der Waals surface area (Å²) in [5.74, 6) is 0.359. The largest absolute Gasteiger partial charge is 0.294 e. The zero-order valence-electron chi connectivity index (χ0n) is 10.5. The average molecular weight is 316 g/mol. The standard InChI is InChI=1S/C16H14BrNO/c17-14-6-5-12-3-4-13(16(19)15(12)9-14)8-11-2-1-7-18-10-11/h1-2,5-7,9-10,13H,3-4,8H2. The molecule has 3 rings (SSSR count). The topological polar surface area (TPSA) is 30.0 Å². The van der Waals surface area contributed by atoms with Crippen molar-refractivity contribution >= 4 is 21.7 Å². The maximum Gasteiger partial charge on any atom is 0.166 e. The van der Waals surface area contributed by atoms with E-state index >= 15 is 0 Å². The Kier molecular flexibility index (Phi) is 3.47. The van der Waals surface area contributed by atoms with Crippen LogP contribution in [0.3, 0.4) is 0 Å². The van der Waals surface area contributed by atoms with Crippen LogP contribution in [0.4, 0.5) is 0 Å². The number of ketones is 1. The minimum atomic E-state index is 0.0889. The van der Waals surface area contributed by atoms with Crippen LogP contribution in [-0.4, -0.2) is 10.8 Å². The molecule has 2 aromatic rings. The Labute approximate surface area is 121 Å². The summed E-state index contributed by atoms with van der Waals surface area (Å²) in [6.07, 6.45) is 6.32. The quantitative estimate of drug-likeness (QED) is 0.843. The highest BCUT2D eigenvalue weighted by atomic mass is 79.9. The van der Waals surface area contributed by atoms with Gasteiger partial charge in [0.2, 0.25) is 0 Å². The smallest absolute Gasteiger partial charge is 0.166 e. The summed E-state index contributed by atoms with van der Waals surface area (Å²) in [6.45, 7) is 0. The summed E-state index contributed by atoms with van der Waals surface area (Å²) in [4.78, 5) is 16.6. The fourth-order valence-electron chi connectivity index (χ4n) is 2.67. The second kappa shape index (κ2) is 5.25. The van der Waals surface area contributed by atoms with E-state index in [2.05, 4.69) is 27.0 Å². The van der Waals surface area contributed by atoms with Gasteiger partial charge in [-0.1, -0.05) is 28.1 Å². The van der Waals surface area contributed by atoms with Crippen LogP contribution in [0, 0.1) is 5.92 Å². The fraction of sp³-hybridized carbons (Fsp3) is 0.250. The van der Waals surface area contributed by atoms with Crippen LogP contribution in [0.5, 0.6) is 0 Å². The lowest BCUT2D eigenvalue weighted by atomic mass is 9.80. The SMILES string of the molecule is O=C1c2cc(Br)ccc2CCC1Cc1cccnc1. The molecule has 0 fully saturated rings. The Hall–Kier alpha value is -1.48. The zero-order chi connectivity index (χ0) is 13.2. The molecule has 0 saturated carbocycles. The first-order valence-electron chi connectivity index (χ1n) is 6.45. The highest BCUT2D eigenvalue weighted by Crippen LogP contribution is 2.29. The van der Waals surface area contributed by atoms with Crippen molar-refractivity contribution in [2.75, 3.05) is 0 Å². The van der Waals surface area contributed by atoms with Gasteiger partial charge in [-0.15, -0.1) is 0 Å². The molecule has 1 atom stereocenters. The van der Waals surface area contributed by atoms with Crippen molar-refractivity contribution in [1.82, 2.24) is 4.98 Å². The van der Waals surface area contributed by atoms with Crippen molar-refractivity contribution in [1.29, 1.82) is 0 Å². The number of halogens is 1. The van der Waals surface area contributed by atoms with Gasteiger partial charge in [0.15, 0.2) is 5.78 Å². The Morgan fingerprint density at radius 3 is 3.00 bits per heavy atom. The molecule has 0 radical (unpaired) electrons. The van der Waals surface area contributed by atoms with Gasteiger partial charge in [-0.25, -0.2) is 0 Å². The normalized spacial score (nSPS) is 18.2. The molecular formula is C16H14BrNO. The molecule has 1 aliphatic rings.